The number of ether oxygens (including phenoxy) is 2. The van der Waals surface area contributed by atoms with Gasteiger partial charge < -0.3 is 28.4 Å². The van der Waals surface area contributed by atoms with Crippen molar-refractivity contribution in [3.8, 4) is 0 Å². The number of aryl methyl sites for hydroxylation is 2. The molecule has 0 aliphatic carbocycles. The van der Waals surface area contributed by atoms with E-state index in [1.807, 2.05) is 69.8 Å². The number of phosphoric acid groups is 1. The summed E-state index contributed by atoms with van der Waals surface area (Å²) in [5, 5.41) is 10.0. The van der Waals surface area contributed by atoms with Crippen LogP contribution in [-0.4, -0.2) is 86.1 Å². The van der Waals surface area contributed by atoms with Gasteiger partial charge in [-0.25, -0.2) is 4.57 Å². The number of hydrogen-bond donors (Lipinski definition) is 2. The Morgan fingerprint density at radius 2 is 1.35 bits per heavy atom. The third kappa shape index (κ3) is 29.8. The highest BCUT2D eigenvalue weighted by Crippen LogP contribution is 2.43. The number of quaternary nitrogens is 1. The van der Waals surface area contributed by atoms with Crippen LogP contribution < -0.4 is 0 Å². The molecule has 0 aliphatic rings. The number of carbonyl (C=O) groups excluding carboxylic acids is 2. The number of phosphoric ester groups is 1. The number of allylic oxidation sites excluding steroid dienone is 10. The van der Waals surface area contributed by atoms with Gasteiger partial charge in [-0.05, 0) is 82.8 Å². The number of aliphatic hydroxyl groups is 1. The number of aliphatic hydroxyl groups excluding tert-OH is 1. The summed E-state index contributed by atoms with van der Waals surface area (Å²) in [6.07, 6.45) is 35.7. The Balaban J connectivity index is 2.45. The normalized spacial score (nSPS) is 14.8. The van der Waals surface area contributed by atoms with Crippen molar-refractivity contribution in [3.05, 3.63) is 95.6 Å². The second kappa shape index (κ2) is 33.3. The summed E-state index contributed by atoms with van der Waals surface area (Å²) in [7, 11) is 1.36. The van der Waals surface area contributed by atoms with Crippen molar-refractivity contribution < 1.29 is 51.6 Å². The Kier molecular flexibility index (Phi) is 30.4. The minimum atomic E-state index is -4.43. The molecule has 0 radical (unpaired) electrons. The molecular weight excluding hydrogens is 781 g/mol. The van der Waals surface area contributed by atoms with Crippen LogP contribution in [0.3, 0.4) is 0 Å². The van der Waals surface area contributed by atoms with Crippen LogP contribution in [-0.2, 0) is 45.5 Å². The molecule has 1 heterocycles. The highest BCUT2D eigenvalue weighted by molar-refractivity contribution is 7.47. The molecule has 2 unspecified atom stereocenters. The predicted octanol–water partition coefficient (Wildman–Crippen LogP) is 10.9. The molecule has 12 heteroatoms. The first-order valence-corrected chi connectivity index (χ1v) is 23.6. The number of carbonyl (C=O) groups is 2. The molecule has 2 N–H and O–H groups in total. The molecule has 0 spiro atoms. The van der Waals surface area contributed by atoms with Crippen LogP contribution in [0.15, 0.2) is 77.3 Å². The number of furan rings is 1. The van der Waals surface area contributed by atoms with Gasteiger partial charge in [0.1, 0.15) is 31.3 Å². The van der Waals surface area contributed by atoms with Gasteiger partial charge in [-0.1, -0.05) is 112 Å². The summed E-state index contributed by atoms with van der Waals surface area (Å²) in [4.78, 5) is 35.5. The minimum absolute atomic E-state index is 0.00331. The van der Waals surface area contributed by atoms with E-state index < -0.39 is 38.6 Å². The standard InChI is InChI=1S/C48H78NO10P/c1-8-10-11-12-21-26-32-43(50)33-27-22-17-15-13-14-16-18-25-30-36-48(52)58-44(40-57-60(53,54)56-38-37-49(5,6)7)39-55-47(51)35-29-24-20-19-23-28-34-46-42(4)41(3)45(59-46)31-9-2/h10-11,13-14,17-18,21-22,25-27,33,43-44,50H,8-9,12,15-16,19-20,23-24,28-32,34-40H2,1-7H3/p+1/b11-10-,14-13-,22-17-,25-18-,26-21-,33-27+/t43?,44-/m1/s1. The van der Waals surface area contributed by atoms with Crippen molar-refractivity contribution in [1.29, 1.82) is 0 Å². The molecule has 0 aliphatic heterocycles. The lowest BCUT2D eigenvalue weighted by Gasteiger charge is -2.24. The molecule has 0 saturated carbocycles. The summed E-state index contributed by atoms with van der Waals surface area (Å²) in [6, 6.07) is 0. The number of rotatable bonds is 35. The average Bonchev–Trinajstić information content (AvgIpc) is 3.45. The van der Waals surface area contributed by atoms with E-state index in [1.54, 1.807) is 6.08 Å². The van der Waals surface area contributed by atoms with Gasteiger partial charge in [0.25, 0.3) is 0 Å². The summed E-state index contributed by atoms with van der Waals surface area (Å²) < 4.78 is 40.3. The Morgan fingerprint density at radius 3 is 2.03 bits per heavy atom. The van der Waals surface area contributed by atoms with Crippen molar-refractivity contribution in [1.82, 2.24) is 0 Å². The maximum atomic E-state index is 12.7. The molecular formula is C48H79NO10P+. The van der Waals surface area contributed by atoms with E-state index in [9.17, 15) is 24.2 Å². The molecule has 0 amide bonds. The largest absolute Gasteiger partial charge is 0.472 e. The van der Waals surface area contributed by atoms with Crippen LogP contribution in [0, 0.1) is 13.8 Å². The van der Waals surface area contributed by atoms with E-state index in [0.717, 1.165) is 82.1 Å². The van der Waals surface area contributed by atoms with E-state index in [2.05, 4.69) is 45.9 Å². The maximum absolute atomic E-state index is 12.7. The molecule has 1 rings (SSSR count). The zero-order valence-electron chi connectivity index (χ0n) is 38.0. The van der Waals surface area contributed by atoms with Crippen molar-refractivity contribution >= 4 is 19.8 Å². The van der Waals surface area contributed by atoms with Crippen molar-refractivity contribution in [2.24, 2.45) is 0 Å². The molecule has 3 atom stereocenters. The fourth-order valence-electron chi connectivity index (χ4n) is 5.82. The number of esters is 2. The summed E-state index contributed by atoms with van der Waals surface area (Å²) in [5.74, 6) is 1.26. The third-order valence-electron chi connectivity index (χ3n) is 9.52. The molecule has 0 fully saturated rings. The zero-order valence-corrected chi connectivity index (χ0v) is 38.9. The van der Waals surface area contributed by atoms with Gasteiger partial charge in [0.15, 0.2) is 6.10 Å². The van der Waals surface area contributed by atoms with Gasteiger partial charge in [-0.3, -0.25) is 18.6 Å². The van der Waals surface area contributed by atoms with E-state index in [4.69, 9.17) is 22.9 Å². The SMILES string of the molecule is CC/C=C\C/C=C\CC(O)/C=C/C=C\C/C=C\C/C=C\CCC(=O)O[C@H](COC(=O)CCCCCCCCc1oc(CCC)c(C)c1C)COP(=O)(O)OCC[N+](C)(C)C. The average molecular weight is 861 g/mol. The first-order chi connectivity index (χ1) is 28.7. The van der Waals surface area contributed by atoms with Crippen molar-refractivity contribution in [2.45, 2.75) is 149 Å². The van der Waals surface area contributed by atoms with Crippen LogP contribution in [0.5, 0.6) is 0 Å². The molecule has 60 heavy (non-hydrogen) atoms. The first-order valence-electron chi connectivity index (χ1n) is 22.1. The van der Waals surface area contributed by atoms with Crippen LogP contribution in [0.25, 0.3) is 0 Å². The Morgan fingerprint density at radius 1 is 0.733 bits per heavy atom. The number of unbranched alkanes of at least 4 members (excludes halogenated alkanes) is 5. The molecule has 11 nitrogen and oxygen atoms in total. The Labute approximate surface area is 362 Å². The van der Waals surface area contributed by atoms with Crippen molar-refractivity contribution in [2.75, 3.05) is 47.5 Å². The molecule has 0 aromatic carbocycles. The van der Waals surface area contributed by atoms with Gasteiger partial charge in [-0.2, -0.15) is 0 Å². The van der Waals surface area contributed by atoms with Gasteiger partial charge in [0.05, 0.1) is 33.9 Å². The maximum Gasteiger partial charge on any atom is 0.472 e. The third-order valence-corrected chi connectivity index (χ3v) is 10.5. The topological polar surface area (TPSA) is 142 Å². The monoisotopic (exact) mass is 861 g/mol. The first kappa shape index (κ1) is 54.7. The predicted molar refractivity (Wildman–Crippen MR) is 243 cm³/mol. The Bertz CT molecular complexity index is 1550. The zero-order chi connectivity index (χ0) is 44.5. The van der Waals surface area contributed by atoms with E-state index in [-0.39, 0.29) is 26.1 Å². The minimum Gasteiger partial charge on any atom is -0.466 e. The second-order valence-corrected chi connectivity index (χ2v) is 17.6. The molecule has 1 aromatic heterocycles. The summed E-state index contributed by atoms with van der Waals surface area (Å²) in [6.45, 7) is 8.27. The number of nitrogens with zero attached hydrogens (tertiary/aromatic N) is 1. The van der Waals surface area contributed by atoms with E-state index >= 15 is 0 Å². The van der Waals surface area contributed by atoms with Gasteiger partial charge in [0, 0.05) is 25.7 Å². The van der Waals surface area contributed by atoms with Gasteiger partial charge in [-0.15, -0.1) is 0 Å². The number of hydrogen-bond acceptors (Lipinski definition) is 9. The summed E-state index contributed by atoms with van der Waals surface area (Å²) >= 11 is 0. The smallest absolute Gasteiger partial charge is 0.466 e. The molecule has 0 bridgehead atoms. The lowest BCUT2D eigenvalue weighted by molar-refractivity contribution is -0.870. The Hall–Kier alpha value is -3.31. The van der Waals surface area contributed by atoms with E-state index in [0.29, 0.717) is 36.7 Å². The van der Waals surface area contributed by atoms with Crippen LogP contribution in [0.4, 0.5) is 0 Å². The molecule has 340 valence electrons. The highest BCUT2D eigenvalue weighted by Gasteiger charge is 2.27. The molecule has 1 aromatic rings. The van der Waals surface area contributed by atoms with Crippen molar-refractivity contribution in [3.63, 3.8) is 0 Å². The fraction of sp³-hybridized carbons (Fsp3) is 0.625. The lowest BCUT2D eigenvalue weighted by atomic mass is 10.0. The van der Waals surface area contributed by atoms with Crippen LogP contribution >= 0.6 is 7.82 Å². The van der Waals surface area contributed by atoms with Gasteiger partial charge in [0.2, 0.25) is 0 Å². The number of likely N-dealkylation sites (N-methyl/N-ethyl adjacent to an activating group) is 1. The quantitative estimate of drug-likeness (QED) is 0.0169. The summed E-state index contributed by atoms with van der Waals surface area (Å²) in [5.41, 5.74) is 2.56. The van der Waals surface area contributed by atoms with Crippen LogP contribution in [0.1, 0.15) is 133 Å². The van der Waals surface area contributed by atoms with E-state index in [1.165, 1.54) is 11.1 Å². The second-order valence-electron chi connectivity index (χ2n) is 16.1. The lowest BCUT2D eigenvalue weighted by Crippen LogP contribution is -2.37. The van der Waals surface area contributed by atoms with Crippen LogP contribution in [0.2, 0.25) is 0 Å². The molecule has 0 saturated heterocycles. The fourth-order valence-corrected chi connectivity index (χ4v) is 6.56. The highest BCUT2D eigenvalue weighted by atomic mass is 31.2. The van der Waals surface area contributed by atoms with Gasteiger partial charge >= 0.3 is 19.8 Å².